The molecule has 7 nitrogen and oxygen atoms in total. The number of hydrogen-bond donors (Lipinski definition) is 2. The standard InChI is InChI=1S/C32H40F2N4O3/c1-4-5-6-7-16-41-31(39)22-8-11-25(12-9-22)32(3,40)27-13-10-24(20-36-27)26-17-21(2)18-29(37-26)38-28-19-23(30(33)34)14-15-35-28/h10,13-15,17-20,22,25,30,40H,4-9,11-12,16H2,1-3H3,(H,35,37,38)/t22-,25-,32?. The number of anilines is 2. The van der Waals surface area contributed by atoms with Gasteiger partial charge >= 0.3 is 5.97 Å². The highest BCUT2D eigenvalue weighted by Crippen LogP contribution is 2.41. The number of rotatable bonds is 12. The number of aliphatic hydroxyl groups is 1. The van der Waals surface area contributed by atoms with Gasteiger partial charge < -0.3 is 15.2 Å². The number of esters is 1. The van der Waals surface area contributed by atoms with Crippen molar-refractivity contribution >= 4 is 17.6 Å². The quantitative estimate of drug-likeness (QED) is 0.172. The minimum Gasteiger partial charge on any atom is -0.465 e. The molecule has 0 spiro atoms. The molecule has 220 valence electrons. The van der Waals surface area contributed by atoms with Crippen molar-refractivity contribution < 1.29 is 23.4 Å². The third kappa shape index (κ3) is 8.06. The van der Waals surface area contributed by atoms with E-state index in [-0.39, 0.29) is 29.2 Å². The van der Waals surface area contributed by atoms with Crippen molar-refractivity contribution in [1.82, 2.24) is 15.0 Å². The van der Waals surface area contributed by atoms with E-state index in [1.165, 1.54) is 18.3 Å². The van der Waals surface area contributed by atoms with E-state index in [4.69, 9.17) is 4.74 Å². The van der Waals surface area contributed by atoms with Crippen LogP contribution >= 0.6 is 0 Å². The van der Waals surface area contributed by atoms with Crippen LogP contribution in [0.15, 0.2) is 48.8 Å². The number of carbonyl (C=O) groups is 1. The van der Waals surface area contributed by atoms with Gasteiger partial charge in [-0.15, -0.1) is 0 Å². The third-order valence-corrected chi connectivity index (χ3v) is 7.94. The van der Waals surface area contributed by atoms with Crippen LogP contribution in [0.4, 0.5) is 20.4 Å². The molecule has 4 rings (SSSR count). The summed E-state index contributed by atoms with van der Waals surface area (Å²) >= 11 is 0. The first-order valence-corrected chi connectivity index (χ1v) is 14.5. The van der Waals surface area contributed by atoms with Gasteiger partial charge in [0.25, 0.3) is 6.43 Å². The van der Waals surface area contributed by atoms with Gasteiger partial charge in [0.2, 0.25) is 0 Å². The van der Waals surface area contributed by atoms with Crippen LogP contribution in [0.25, 0.3) is 11.3 Å². The number of aryl methyl sites for hydroxylation is 1. The van der Waals surface area contributed by atoms with E-state index in [1.54, 1.807) is 13.1 Å². The average Bonchev–Trinajstić information content (AvgIpc) is 2.97. The minimum absolute atomic E-state index is 0.0149. The number of aromatic nitrogens is 3. The number of hydrogen-bond acceptors (Lipinski definition) is 7. The number of nitrogens with zero attached hydrogens (tertiary/aromatic N) is 3. The molecule has 0 aromatic carbocycles. The summed E-state index contributed by atoms with van der Waals surface area (Å²) in [4.78, 5) is 25.8. The number of halogens is 2. The molecule has 1 fully saturated rings. The van der Waals surface area contributed by atoms with Gasteiger partial charge in [-0.3, -0.25) is 9.78 Å². The molecule has 41 heavy (non-hydrogen) atoms. The molecule has 1 unspecified atom stereocenters. The molecule has 1 aliphatic rings. The van der Waals surface area contributed by atoms with E-state index < -0.39 is 12.0 Å². The third-order valence-electron chi connectivity index (χ3n) is 7.94. The number of pyridine rings is 3. The summed E-state index contributed by atoms with van der Waals surface area (Å²) in [6.07, 6.45) is 7.58. The minimum atomic E-state index is -2.59. The lowest BCUT2D eigenvalue weighted by Crippen LogP contribution is -2.37. The number of alkyl halides is 2. The van der Waals surface area contributed by atoms with Gasteiger partial charge in [0.05, 0.1) is 23.9 Å². The monoisotopic (exact) mass is 566 g/mol. The molecule has 0 bridgehead atoms. The molecule has 3 aromatic heterocycles. The molecular formula is C32H40F2N4O3. The van der Waals surface area contributed by atoms with Crippen LogP contribution < -0.4 is 5.32 Å². The summed E-state index contributed by atoms with van der Waals surface area (Å²) in [5, 5.41) is 14.5. The highest BCUT2D eigenvalue weighted by atomic mass is 19.3. The summed E-state index contributed by atoms with van der Waals surface area (Å²) in [6, 6.07) is 10.00. The lowest BCUT2D eigenvalue weighted by atomic mass is 9.73. The van der Waals surface area contributed by atoms with Gasteiger partial charge in [0.1, 0.15) is 17.2 Å². The van der Waals surface area contributed by atoms with Crippen molar-refractivity contribution in [2.75, 3.05) is 11.9 Å². The molecule has 0 amide bonds. The van der Waals surface area contributed by atoms with E-state index in [0.29, 0.717) is 36.7 Å². The molecular weight excluding hydrogens is 526 g/mol. The highest BCUT2D eigenvalue weighted by molar-refractivity contribution is 5.72. The van der Waals surface area contributed by atoms with Crippen molar-refractivity contribution in [3.05, 3.63) is 65.6 Å². The Balaban J connectivity index is 1.38. The zero-order valence-corrected chi connectivity index (χ0v) is 24.1. The maximum absolute atomic E-state index is 13.1. The number of ether oxygens (including phenoxy) is 1. The Morgan fingerprint density at radius 2 is 1.85 bits per heavy atom. The molecule has 0 saturated heterocycles. The van der Waals surface area contributed by atoms with Gasteiger partial charge in [-0.05, 0) is 93.8 Å². The first-order chi connectivity index (χ1) is 19.7. The first-order valence-electron chi connectivity index (χ1n) is 14.5. The van der Waals surface area contributed by atoms with Crippen molar-refractivity contribution in [3.8, 4) is 11.3 Å². The molecule has 1 saturated carbocycles. The molecule has 3 heterocycles. The van der Waals surface area contributed by atoms with Gasteiger partial charge in [0.15, 0.2) is 0 Å². The summed E-state index contributed by atoms with van der Waals surface area (Å²) in [5.74, 6) is 0.530. The molecule has 1 atom stereocenters. The van der Waals surface area contributed by atoms with E-state index >= 15 is 0 Å². The van der Waals surface area contributed by atoms with Crippen molar-refractivity contribution in [1.29, 1.82) is 0 Å². The zero-order chi connectivity index (χ0) is 29.4. The van der Waals surface area contributed by atoms with Crippen molar-refractivity contribution in [2.24, 2.45) is 11.8 Å². The predicted octanol–water partition coefficient (Wildman–Crippen LogP) is 7.67. The Kier molecular flexibility index (Phi) is 10.4. The van der Waals surface area contributed by atoms with Crippen LogP contribution in [0.3, 0.4) is 0 Å². The summed E-state index contributed by atoms with van der Waals surface area (Å²) < 4.78 is 31.7. The van der Waals surface area contributed by atoms with Crippen LogP contribution in [0.2, 0.25) is 0 Å². The second-order valence-electron chi connectivity index (χ2n) is 11.2. The van der Waals surface area contributed by atoms with Crippen LogP contribution in [-0.4, -0.2) is 32.6 Å². The number of carbonyl (C=O) groups excluding carboxylic acids is 1. The van der Waals surface area contributed by atoms with E-state index in [9.17, 15) is 18.7 Å². The van der Waals surface area contributed by atoms with Crippen molar-refractivity contribution in [2.45, 2.75) is 84.2 Å². The Morgan fingerprint density at radius 3 is 2.54 bits per heavy atom. The van der Waals surface area contributed by atoms with E-state index in [2.05, 4.69) is 27.2 Å². The maximum Gasteiger partial charge on any atom is 0.308 e. The Labute approximate surface area is 240 Å². The maximum atomic E-state index is 13.1. The number of nitrogens with one attached hydrogen (secondary N) is 1. The fraction of sp³-hybridized carbons (Fsp3) is 0.500. The molecule has 0 radical (unpaired) electrons. The topological polar surface area (TPSA) is 97.2 Å². The van der Waals surface area contributed by atoms with Gasteiger partial charge in [0, 0.05) is 23.5 Å². The predicted molar refractivity (Wildman–Crippen MR) is 155 cm³/mol. The Morgan fingerprint density at radius 1 is 1.07 bits per heavy atom. The van der Waals surface area contributed by atoms with Crippen molar-refractivity contribution in [3.63, 3.8) is 0 Å². The Bertz CT molecular complexity index is 1290. The van der Waals surface area contributed by atoms with Gasteiger partial charge in [-0.2, -0.15) is 0 Å². The van der Waals surface area contributed by atoms with Crippen LogP contribution in [0.1, 0.15) is 88.5 Å². The molecule has 1 aliphatic carbocycles. The fourth-order valence-electron chi connectivity index (χ4n) is 5.43. The van der Waals surface area contributed by atoms with E-state index in [1.807, 2.05) is 31.2 Å². The summed E-state index contributed by atoms with van der Waals surface area (Å²) in [6.45, 7) is 6.35. The van der Waals surface area contributed by atoms with Crippen LogP contribution in [0.5, 0.6) is 0 Å². The largest absolute Gasteiger partial charge is 0.465 e. The molecule has 3 aromatic rings. The zero-order valence-electron chi connectivity index (χ0n) is 24.1. The van der Waals surface area contributed by atoms with Gasteiger partial charge in [-0.1, -0.05) is 26.2 Å². The second kappa shape index (κ2) is 13.9. The molecule has 2 N–H and O–H groups in total. The van der Waals surface area contributed by atoms with Gasteiger partial charge in [-0.25, -0.2) is 18.7 Å². The van der Waals surface area contributed by atoms with Crippen LogP contribution in [-0.2, 0) is 15.1 Å². The first kappa shape index (κ1) is 30.5. The lowest BCUT2D eigenvalue weighted by molar-refractivity contribution is -0.151. The smallest absolute Gasteiger partial charge is 0.308 e. The Hall–Kier alpha value is -3.46. The SMILES string of the molecule is CCCCCCOC(=O)[C@H]1CC[C@H](C(C)(O)c2ccc(-c3cc(C)cc(Nc4cc(C(F)F)ccn4)n3)cn2)CC1. The second-order valence-corrected chi connectivity index (χ2v) is 11.2. The summed E-state index contributed by atoms with van der Waals surface area (Å²) in [5.41, 5.74) is 1.66. The highest BCUT2D eigenvalue weighted by Gasteiger charge is 2.39. The fourth-order valence-corrected chi connectivity index (χ4v) is 5.43. The summed E-state index contributed by atoms with van der Waals surface area (Å²) in [7, 11) is 0. The normalized spacial score (nSPS) is 18.6. The van der Waals surface area contributed by atoms with E-state index in [0.717, 1.165) is 49.7 Å². The van der Waals surface area contributed by atoms with Crippen LogP contribution in [0, 0.1) is 18.8 Å². The number of unbranched alkanes of at least 4 members (excludes halogenated alkanes) is 3. The average molecular weight is 567 g/mol. The lowest BCUT2D eigenvalue weighted by Gasteiger charge is -2.37. The molecule has 9 heteroatoms. The molecule has 0 aliphatic heterocycles.